The van der Waals surface area contributed by atoms with Crippen molar-refractivity contribution in [2.75, 3.05) is 11.4 Å². The van der Waals surface area contributed by atoms with Gasteiger partial charge in [-0.25, -0.2) is 9.06 Å². The second kappa shape index (κ2) is 9.47. The smallest absolute Gasteiger partial charge is 0.339 e. The molecule has 4 aromatic rings. The maximum Gasteiger partial charge on any atom is 0.416 e. The number of fused-ring (bicyclic) bond motifs is 1. The average Bonchev–Trinajstić information content (AvgIpc) is 3.53. The number of carbonyl (C=O) groups excluding carboxylic acids is 2. The summed E-state index contributed by atoms with van der Waals surface area (Å²) in [4.78, 5) is 28.6. The Labute approximate surface area is 214 Å². The number of anilines is 1. The lowest BCUT2D eigenvalue weighted by atomic mass is 9.82. The third kappa shape index (κ3) is 4.39. The zero-order valence-corrected chi connectivity index (χ0v) is 20.7. The molecule has 0 bridgehead atoms. The Hall–Kier alpha value is -3.99. The summed E-state index contributed by atoms with van der Waals surface area (Å²) in [6.45, 7) is 3.95. The number of aryl methyl sites for hydroxylation is 1. The summed E-state index contributed by atoms with van der Waals surface area (Å²) >= 11 is 1.21. The molecule has 0 saturated carbocycles. The Bertz CT molecular complexity index is 1450. The summed E-state index contributed by atoms with van der Waals surface area (Å²) in [6.07, 6.45) is -2.96. The van der Waals surface area contributed by atoms with Crippen molar-refractivity contribution >= 4 is 29.2 Å². The summed E-state index contributed by atoms with van der Waals surface area (Å²) in [5.74, 6) is -1.19. The number of benzene rings is 2. The van der Waals surface area contributed by atoms with Gasteiger partial charge in [0.25, 0.3) is 11.8 Å². The third-order valence-corrected chi connectivity index (χ3v) is 6.98. The molecule has 0 unspecified atom stereocenters. The summed E-state index contributed by atoms with van der Waals surface area (Å²) in [5.41, 5.74) is 1.77. The maximum absolute atomic E-state index is 13.9. The van der Waals surface area contributed by atoms with Crippen molar-refractivity contribution in [1.29, 1.82) is 0 Å². The van der Waals surface area contributed by atoms with E-state index in [0.717, 1.165) is 23.4 Å². The lowest BCUT2D eigenvalue weighted by Gasteiger charge is -2.38. The Morgan fingerprint density at radius 3 is 2.54 bits per heavy atom. The van der Waals surface area contributed by atoms with Crippen molar-refractivity contribution in [3.63, 3.8) is 0 Å². The molecule has 2 amide bonds. The second-order valence-electron chi connectivity index (χ2n) is 8.62. The van der Waals surface area contributed by atoms with Crippen LogP contribution in [0.3, 0.4) is 0 Å². The standard InChI is InChI=1S/C26H22F3N5O2S/c1-3-33-24-20(15(2)32-34(24)19-10-5-4-6-11-19)21(17-13-30-37-14-17)22(25(33)36)31-23(35)16-8-7-9-18(12-16)26(27,28)29/h4-14,21-22H,3H2,1-2H3,(H,31,35)/t21-,22-/m0/s1. The number of para-hydroxylation sites is 1. The molecule has 190 valence electrons. The van der Waals surface area contributed by atoms with Crippen LogP contribution in [0.5, 0.6) is 0 Å². The lowest BCUT2D eigenvalue weighted by Crippen LogP contribution is -2.55. The van der Waals surface area contributed by atoms with Crippen LogP contribution in [-0.4, -0.2) is 38.6 Å². The summed E-state index contributed by atoms with van der Waals surface area (Å²) in [7, 11) is 0. The topological polar surface area (TPSA) is 80.1 Å². The first-order valence-electron chi connectivity index (χ1n) is 11.5. The summed E-state index contributed by atoms with van der Waals surface area (Å²) in [5, 5.41) is 9.26. The number of carbonyl (C=O) groups is 2. The Morgan fingerprint density at radius 2 is 1.89 bits per heavy atom. The molecule has 7 nitrogen and oxygen atoms in total. The molecule has 1 aliphatic rings. The molecule has 3 heterocycles. The van der Waals surface area contributed by atoms with Crippen LogP contribution in [0.2, 0.25) is 0 Å². The fraction of sp³-hybridized carbons (Fsp3) is 0.231. The molecular formula is C26H22F3N5O2S. The van der Waals surface area contributed by atoms with Crippen molar-refractivity contribution < 1.29 is 22.8 Å². The normalized spacial score (nSPS) is 17.5. The first kappa shape index (κ1) is 24.7. The van der Waals surface area contributed by atoms with Gasteiger partial charge in [-0.1, -0.05) is 24.3 Å². The molecule has 1 N–H and O–H groups in total. The van der Waals surface area contributed by atoms with E-state index < -0.39 is 29.6 Å². The molecule has 2 atom stereocenters. The Morgan fingerprint density at radius 1 is 1.14 bits per heavy atom. The minimum absolute atomic E-state index is 0.185. The zero-order valence-electron chi connectivity index (χ0n) is 19.9. The average molecular weight is 526 g/mol. The number of hydrogen-bond donors (Lipinski definition) is 1. The van der Waals surface area contributed by atoms with Crippen LogP contribution in [0, 0.1) is 6.92 Å². The fourth-order valence-electron chi connectivity index (χ4n) is 4.72. The van der Waals surface area contributed by atoms with Gasteiger partial charge in [0.05, 0.1) is 16.9 Å². The van der Waals surface area contributed by atoms with Gasteiger partial charge >= 0.3 is 6.18 Å². The van der Waals surface area contributed by atoms with Gasteiger partial charge in [-0.05, 0) is 61.3 Å². The van der Waals surface area contributed by atoms with Crippen LogP contribution >= 0.6 is 11.5 Å². The zero-order chi connectivity index (χ0) is 26.3. The van der Waals surface area contributed by atoms with Gasteiger partial charge in [-0.3, -0.25) is 14.5 Å². The summed E-state index contributed by atoms with van der Waals surface area (Å²) < 4.78 is 45.6. The molecule has 2 aromatic carbocycles. The van der Waals surface area contributed by atoms with E-state index in [1.165, 1.54) is 23.7 Å². The number of amides is 2. The van der Waals surface area contributed by atoms with Gasteiger partial charge in [0.15, 0.2) is 0 Å². The minimum Gasteiger partial charge on any atom is -0.339 e. The molecule has 0 saturated heterocycles. The van der Waals surface area contributed by atoms with Crippen molar-refractivity contribution in [3.05, 3.63) is 94.1 Å². The number of aromatic nitrogens is 3. The predicted molar refractivity (Wildman–Crippen MR) is 133 cm³/mol. The molecule has 0 radical (unpaired) electrons. The number of hydrogen-bond acceptors (Lipinski definition) is 5. The number of nitrogens with zero attached hydrogens (tertiary/aromatic N) is 4. The molecule has 1 aliphatic heterocycles. The molecule has 37 heavy (non-hydrogen) atoms. The molecule has 0 fully saturated rings. The highest BCUT2D eigenvalue weighted by Crippen LogP contribution is 2.43. The van der Waals surface area contributed by atoms with Crippen LogP contribution in [0.25, 0.3) is 5.69 Å². The van der Waals surface area contributed by atoms with E-state index in [1.807, 2.05) is 44.2 Å². The number of rotatable bonds is 5. The van der Waals surface area contributed by atoms with Crippen LogP contribution in [0.1, 0.15) is 45.6 Å². The van der Waals surface area contributed by atoms with E-state index in [4.69, 9.17) is 5.10 Å². The quantitative estimate of drug-likeness (QED) is 0.400. The highest BCUT2D eigenvalue weighted by Gasteiger charge is 2.46. The van der Waals surface area contributed by atoms with E-state index in [1.54, 1.807) is 21.2 Å². The maximum atomic E-state index is 13.9. The summed E-state index contributed by atoms with van der Waals surface area (Å²) in [6, 6.07) is 12.5. The van der Waals surface area contributed by atoms with Gasteiger partial charge in [0.1, 0.15) is 11.9 Å². The highest BCUT2D eigenvalue weighted by atomic mass is 32.1. The largest absolute Gasteiger partial charge is 0.416 e. The minimum atomic E-state index is -4.60. The number of likely N-dealkylation sites (N-methyl/N-ethyl adjacent to an activating group) is 1. The van der Waals surface area contributed by atoms with Gasteiger partial charge in [-0.15, -0.1) is 0 Å². The number of nitrogens with one attached hydrogen (secondary N) is 1. The van der Waals surface area contributed by atoms with Gasteiger partial charge in [0.2, 0.25) is 0 Å². The Kier molecular flexibility index (Phi) is 6.32. The van der Waals surface area contributed by atoms with E-state index in [9.17, 15) is 22.8 Å². The lowest BCUT2D eigenvalue weighted by molar-refractivity contribution is -0.137. The Balaban J connectivity index is 1.62. The van der Waals surface area contributed by atoms with Crippen LogP contribution < -0.4 is 10.2 Å². The number of alkyl halides is 3. The van der Waals surface area contributed by atoms with Crippen molar-refractivity contribution in [2.24, 2.45) is 0 Å². The van der Waals surface area contributed by atoms with Gasteiger partial charge < -0.3 is 5.32 Å². The molecule has 0 aliphatic carbocycles. The molecule has 11 heteroatoms. The van der Waals surface area contributed by atoms with E-state index in [0.29, 0.717) is 23.6 Å². The van der Waals surface area contributed by atoms with Crippen LogP contribution in [0.15, 0.2) is 66.2 Å². The van der Waals surface area contributed by atoms with E-state index >= 15 is 0 Å². The SMILES string of the molecule is CCN1C(=O)[C@@H](NC(=O)c2cccc(C(F)(F)F)c2)[C@@H](c2cnsc2)c2c(C)nn(-c3ccccc3)c21. The molecule has 0 spiro atoms. The van der Waals surface area contributed by atoms with Crippen molar-refractivity contribution in [1.82, 2.24) is 19.5 Å². The molecular weight excluding hydrogens is 503 g/mol. The molecule has 5 rings (SSSR count). The third-order valence-electron chi connectivity index (χ3n) is 6.38. The number of halogens is 3. The van der Waals surface area contributed by atoms with Crippen LogP contribution in [0.4, 0.5) is 19.0 Å². The first-order chi connectivity index (χ1) is 17.7. The van der Waals surface area contributed by atoms with Crippen LogP contribution in [-0.2, 0) is 11.0 Å². The predicted octanol–water partition coefficient (Wildman–Crippen LogP) is 4.95. The van der Waals surface area contributed by atoms with E-state index in [-0.39, 0.29) is 11.5 Å². The van der Waals surface area contributed by atoms with Crippen molar-refractivity contribution in [3.8, 4) is 5.69 Å². The first-order valence-corrected chi connectivity index (χ1v) is 12.4. The molecule has 2 aromatic heterocycles. The fourth-order valence-corrected chi connectivity index (χ4v) is 5.29. The van der Waals surface area contributed by atoms with Gasteiger partial charge in [0, 0.05) is 35.2 Å². The van der Waals surface area contributed by atoms with E-state index in [2.05, 4.69) is 9.69 Å². The monoisotopic (exact) mass is 525 g/mol. The highest BCUT2D eigenvalue weighted by molar-refractivity contribution is 7.03. The van der Waals surface area contributed by atoms with Crippen molar-refractivity contribution in [2.45, 2.75) is 32.0 Å². The second-order valence-corrected chi connectivity index (χ2v) is 9.28. The van der Waals surface area contributed by atoms with Gasteiger partial charge in [-0.2, -0.15) is 18.3 Å².